The highest BCUT2D eigenvalue weighted by Gasteiger charge is 2.50. The van der Waals surface area contributed by atoms with Crippen LogP contribution in [-0.2, 0) is 9.47 Å². The summed E-state index contributed by atoms with van der Waals surface area (Å²) in [6.45, 7) is 13.0. The number of ether oxygens (including phenoxy) is 4. The van der Waals surface area contributed by atoms with E-state index in [1.807, 2.05) is 9.47 Å². The number of amides is 1. The second-order valence-electron chi connectivity index (χ2n) is 19.2. The largest absolute Gasteiger partial charge is 0.468 e. The number of carbonyl (C=O) groups is 2. The fraction of sp³-hybridized carbons (Fsp3) is 0.596. The van der Waals surface area contributed by atoms with Gasteiger partial charge in [0.15, 0.2) is 24.1 Å². The van der Waals surface area contributed by atoms with Gasteiger partial charge in [-0.1, -0.05) is 53.5 Å². The second kappa shape index (κ2) is 18.0. The number of methoxy groups -OCH3 is 2. The first-order valence-corrected chi connectivity index (χ1v) is 24.9. The molecule has 350 valence electrons. The summed E-state index contributed by atoms with van der Waals surface area (Å²) < 4.78 is 70.3. The maximum atomic E-state index is 16.4. The molecule has 0 radical (unpaired) electrons. The fourth-order valence-corrected chi connectivity index (χ4v) is 16.3. The number of halogens is 3. The molecule has 4 aromatic rings. The van der Waals surface area contributed by atoms with Gasteiger partial charge in [0.2, 0.25) is 5.78 Å². The first-order valence-electron chi connectivity index (χ1n) is 22.6. The Bertz CT molecular complexity index is 2520. The van der Waals surface area contributed by atoms with Gasteiger partial charge in [0, 0.05) is 56.8 Å². The summed E-state index contributed by atoms with van der Waals surface area (Å²) in [6.07, 6.45) is 1.02. The molecule has 4 atom stereocenters. The Morgan fingerprint density at radius 1 is 0.985 bits per heavy atom. The number of hydrogen-bond acceptors (Lipinski definition) is 11. The predicted octanol–water partition coefficient (Wildman–Crippen LogP) is 8.30. The van der Waals surface area contributed by atoms with Crippen LogP contribution in [-0.4, -0.2) is 139 Å². The minimum atomic E-state index is -2.87. The number of aromatic nitrogens is 4. The zero-order valence-electron chi connectivity index (χ0n) is 38.7. The van der Waals surface area contributed by atoms with Crippen molar-refractivity contribution in [2.75, 3.05) is 59.2 Å². The van der Waals surface area contributed by atoms with Crippen LogP contribution in [0.1, 0.15) is 101 Å². The van der Waals surface area contributed by atoms with Crippen LogP contribution in [0.4, 0.5) is 23.8 Å². The maximum absolute atomic E-state index is 16.4. The quantitative estimate of drug-likeness (QED) is 0.0563. The van der Waals surface area contributed by atoms with Crippen LogP contribution in [0.3, 0.4) is 0 Å². The van der Waals surface area contributed by atoms with E-state index >= 15 is 9.18 Å². The van der Waals surface area contributed by atoms with E-state index in [0.717, 1.165) is 19.3 Å². The number of likely N-dealkylation sites (N-methyl/N-ethyl adjacent to an activating group) is 1. The third kappa shape index (κ3) is 8.42. The topological polar surface area (TPSA) is 145 Å². The summed E-state index contributed by atoms with van der Waals surface area (Å²) in [5.41, 5.74) is 5.33. The van der Waals surface area contributed by atoms with Gasteiger partial charge in [-0.3, -0.25) is 14.6 Å². The summed E-state index contributed by atoms with van der Waals surface area (Å²) in [4.78, 5) is 47.7. The molecule has 2 aromatic carbocycles. The minimum Gasteiger partial charge on any atom is -0.468 e. The zero-order chi connectivity index (χ0) is 46.7. The molecule has 3 aliphatic heterocycles. The number of hydrogen-bond donors (Lipinski definition) is 1. The molecular formula is C47H60F3N7O7Si. The number of benzene rings is 2. The van der Waals surface area contributed by atoms with Crippen molar-refractivity contribution in [3.63, 3.8) is 0 Å². The number of carbonyl (C=O) groups excluding carboxylic acids is 1. The molecule has 8 rings (SSSR count). The van der Waals surface area contributed by atoms with E-state index in [9.17, 15) is 18.7 Å². The molecule has 0 spiro atoms. The molecule has 1 saturated carbocycles. The highest BCUT2D eigenvalue weighted by molar-refractivity contribution is 6.90. The van der Waals surface area contributed by atoms with Crippen LogP contribution in [0.2, 0.25) is 16.6 Å². The lowest BCUT2D eigenvalue weighted by Crippen LogP contribution is -2.57. The third-order valence-electron chi connectivity index (χ3n) is 14.4. The van der Waals surface area contributed by atoms with E-state index in [-0.39, 0.29) is 83.9 Å². The number of rotatable bonds is 14. The van der Waals surface area contributed by atoms with E-state index in [1.54, 1.807) is 37.3 Å². The van der Waals surface area contributed by atoms with Crippen molar-refractivity contribution >= 4 is 47.7 Å². The average molecular weight is 920 g/mol. The van der Waals surface area contributed by atoms with Crippen LogP contribution < -0.4 is 14.4 Å². The molecule has 1 N–H and O–H groups in total. The Morgan fingerprint density at radius 2 is 1.71 bits per heavy atom. The van der Waals surface area contributed by atoms with Crippen molar-refractivity contribution in [3.8, 4) is 23.2 Å². The number of imidazole rings is 1. The monoisotopic (exact) mass is 919 g/mol. The van der Waals surface area contributed by atoms with E-state index in [0.29, 0.717) is 34.3 Å². The summed E-state index contributed by atoms with van der Waals surface area (Å²) in [5.74, 6) is 0.115. The van der Waals surface area contributed by atoms with E-state index < -0.39 is 62.8 Å². The number of likely N-dealkylation sites (tertiary alicyclic amines) is 1. The van der Waals surface area contributed by atoms with E-state index in [4.69, 9.17) is 33.9 Å². The number of piperazine rings is 1. The molecular weight excluding hydrogens is 860 g/mol. The lowest BCUT2D eigenvalue weighted by molar-refractivity contribution is 0.0136. The highest BCUT2D eigenvalue weighted by Crippen LogP contribution is 2.44. The molecule has 2 aromatic heterocycles. The Kier molecular flexibility index (Phi) is 12.9. The van der Waals surface area contributed by atoms with Gasteiger partial charge in [-0.25, -0.2) is 22.9 Å². The fourth-order valence-electron chi connectivity index (χ4n) is 11.1. The van der Waals surface area contributed by atoms with Crippen LogP contribution >= 0.6 is 0 Å². The van der Waals surface area contributed by atoms with Crippen molar-refractivity contribution in [1.29, 1.82) is 0 Å². The van der Waals surface area contributed by atoms with Gasteiger partial charge in [-0.15, -0.1) is 5.54 Å². The first kappa shape index (κ1) is 46.6. The predicted molar refractivity (Wildman–Crippen MR) is 243 cm³/mol. The van der Waals surface area contributed by atoms with Crippen molar-refractivity contribution < 1.29 is 46.8 Å². The van der Waals surface area contributed by atoms with E-state index in [1.165, 1.54) is 18.1 Å². The number of carboxylic acid groups (broad SMARTS) is 1. The van der Waals surface area contributed by atoms with Crippen LogP contribution in [0.5, 0.6) is 11.8 Å². The maximum Gasteiger partial charge on any atom is 0.408 e. The lowest BCUT2D eigenvalue weighted by Gasteiger charge is -2.40. The van der Waals surface area contributed by atoms with Crippen LogP contribution in [0, 0.1) is 17.3 Å². The Hall–Kier alpha value is -4.96. The first-order chi connectivity index (χ1) is 30.9. The van der Waals surface area contributed by atoms with Gasteiger partial charge in [0.1, 0.15) is 31.8 Å². The summed E-state index contributed by atoms with van der Waals surface area (Å²) in [5, 5.41) is 11.1. The molecule has 1 aliphatic carbocycles. The highest BCUT2D eigenvalue weighted by atomic mass is 28.3. The Labute approximate surface area is 378 Å². The molecule has 4 aliphatic rings. The van der Waals surface area contributed by atoms with Gasteiger partial charge in [-0.2, -0.15) is 9.97 Å². The van der Waals surface area contributed by atoms with Gasteiger partial charge >= 0.3 is 12.1 Å². The summed E-state index contributed by atoms with van der Waals surface area (Å²) in [6, 6.07) is 4.44. The number of nitrogens with zero attached hydrogens (tertiary/aromatic N) is 7. The number of ketones is 1. The SMILES string of the molecule is COCOc1cc(C(=O)c2nc3nc(OC[C@@H]4CC(F)(F)CN4C)nc(N4CC5CC(OC)C(C4)N5C(=O)O)c3n2C2CCC2)c2c(C#C[Si](C(C)C)(C(C)C)C(C)C)c(F)ccc2c1. The Morgan fingerprint density at radius 3 is 2.31 bits per heavy atom. The molecule has 5 heterocycles. The van der Waals surface area contributed by atoms with Crippen molar-refractivity contribution in [2.45, 2.75) is 126 Å². The lowest BCUT2D eigenvalue weighted by atomic mass is 9.91. The summed E-state index contributed by atoms with van der Waals surface area (Å²) >= 11 is 0. The molecule has 65 heavy (non-hydrogen) atoms. The van der Waals surface area contributed by atoms with Crippen LogP contribution in [0.15, 0.2) is 24.3 Å². The van der Waals surface area contributed by atoms with Crippen molar-refractivity contribution in [3.05, 3.63) is 47.0 Å². The molecule has 1 amide bonds. The Balaban J connectivity index is 1.33. The number of fused-ring (bicyclic) bond motifs is 4. The smallest absolute Gasteiger partial charge is 0.408 e. The van der Waals surface area contributed by atoms with Gasteiger partial charge in [0.05, 0.1) is 30.3 Å². The molecule has 4 fully saturated rings. The van der Waals surface area contributed by atoms with E-state index in [2.05, 4.69) is 53.0 Å². The van der Waals surface area contributed by atoms with Crippen molar-refractivity contribution in [2.24, 2.45) is 0 Å². The van der Waals surface area contributed by atoms with Crippen LogP contribution in [0.25, 0.3) is 21.9 Å². The molecule has 3 saturated heterocycles. The average Bonchev–Trinajstić information content (AvgIpc) is 3.82. The normalized spacial score (nSPS) is 22.3. The molecule has 14 nitrogen and oxygen atoms in total. The van der Waals surface area contributed by atoms with Crippen molar-refractivity contribution in [1.82, 2.24) is 29.3 Å². The second-order valence-corrected chi connectivity index (χ2v) is 24.8. The molecule has 18 heteroatoms. The molecule has 2 bridgehead atoms. The third-order valence-corrected chi connectivity index (χ3v) is 20.7. The van der Waals surface area contributed by atoms with Gasteiger partial charge < -0.3 is 33.5 Å². The number of anilines is 1. The standard InChI is InChI=1S/C47H60F3N7O7Si/c1-26(2)65(27(3)4,28(5)6)16-15-34-36(48)14-13-29-17-33(64-25-61-8)19-35(39(29)34)41(58)44-51-42-40(57(44)30-11-10-12-30)43(53-45(52-42)63-23-32-20-47(49,50)24-54(32)7)55-21-31-18-38(62-9)37(22-55)56(31)46(59)60/h13-14,17,19,26-28,30-32,37-38H,10-12,18,20-25H2,1-9H3,(H,59,60)/t31?,32-,37?,38?/m0/s1. The minimum absolute atomic E-state index is 0.0399. The zero-order valence-corrected chi connectivity index (χ0v) is 39.7. The van der Waals surface area contributed by atoms with Gasteiger partial charge in [-0.05, 0) is 72.9 Å². The molecule has 3 unspecified atom stereocenters. The summed E-state index contributed by atoms with van der Waals surface area (Å²) in [7, 11) is 2.31. The van der Waals surface area contributed by atoms with Gasteiger partial charge in [0.25, 0.3) is 5.92 Å². The number of alkyl halides is 2.